The Kier molecular flexibility index (Phi) is 4.52. The van der Waals surface area contributed by atoms with Gasteiger partial charge in [0, 0.05) is 19.1 Å². The number of rotatable bonds is 4. The number of carboxylic acid groups (broad SMARTS) is 1. The number of nitrogens with one attached hydrogen (secondary N) is 1. The summed E-state index contributed by atoms with van der Waals surface area (Å²) >= 11 is 0. The van der Waals surface area contributed by atoms with Crippen LogP contribution >= 0.6 is 0 Å². The van der Waals surface area contributed by atoms with Crippen molar-refractivity contribution in [1.82, 2.24) is 5.32 Å². The van der Waals surface area contributed by atoms with E-state index < -0.39 is 12.0 Å². The molecule has 1 fully saturated rings. The summed E-state index contributed by atoms with van der Waals surface area (Å²) in [7, 11) is 0. The summed E-state index contributed by atoms with van der Waals surface area (Å²) in [6.07, 6.45) is 1.29. The van der Waals surface area contributed by atoms with Crippen molar-refractivity contribution in [3.63, 3.8) is 0 Å². The second kappa shape index (κ2) is 6.33. The van der Waals surface area contributed by atoms with Gasteiger partial charge in [-0.3, -0.25) is 4.79 Å². The van der Waals surface area contributed by atoms with Gasteiger partial charge in [-0.25, -0.2) is 4.79 Å². The summed E-state index contributed by atoms with van der Waals surface area (Å²) in [4.78, 5) is 23.3. The van der Waals surface area contributed by atoms with Crippen LogP contribution < -0.4 is 5.32 Å². The maximum Gasteiger partial charge on any atom is 0.330 e. The van der Waals surface area contributed by atoms with E-state index in [1.807, 2.05) is 6.07 Å². The molecule has 0 spiro atoms. The van der Waals surface area contributed by atoms with Gasteiger partial charge in [0.25, 0.3) is 0 Å². The zero-order chi connectivity index (χ0) is 13.7. The van der Waals surface area contributed by atoms with Gasteiger partial charge in [-0.2, -0.15) is 0 Å². The zero-order valence-corrected chi connectivity index (χ0v) is 10.5. The van der Waals surface area contributed by atoms with Crippen LogP contribution in [-0.2, 0) is 14.3 Å². The first-order valence-corrected chi connectivity index (χ1v) is 6.34. The van der Waals surface area contributed by atoms with Crippen LogP contribution in [-0.4, -0.2) is 30.2 Å². The van der Waals surface area contributed by atoms with E-state index in [9.17, 15) is 14.7 Å². The summed E-state index contributed by atoms with van der Waals surface area (Å²) in [6, 6.07) is 7.73. The van der Waals surface area contributed by atoms with Crippen LogP contribution in [0.15, 0.2) is 30.3 Å². The van der Waals surface area contributed by atoms with Gasteiger partial charge in [-0.05, 0) is 18.4 Å². The minimum atomic E-state index is -1.05. The maximum atomic E-state index is 12.1. The Morgan fingerprint density at radius 1 is 1.21 bits per heavy atom. The number of aliphatic carboxylic acids is 1. The highest BCUT2D eigenvalue weighted by Crippen LogP contribution is 2.18. The van der Waals surface area contributed by atoms with Gasteiger partial charge in [-0.1, -0.05) is 30.3 Å². The predicted octanol–water partition coefficient (Wildman–Crippen LogP) is 1.36. The Balaban J connectivity index is 2.04. The Bertz CT molecular complexity index is 440. The minimum absolute atomic E-state index is 0.153. The number of hydrogen-bond acceptors (Lipinski definition) is 3. The first-order valence-electron chi connectivity index (χ1n) is 6.34. The SMILES string of the molecule is O=C(NC(C(=O)O)c1ccccc1)C1CCOCC1. The lowest BCUT2D eigenvalue weighted by Crippen LogP contribution is -2.39. The lowest BCUT2D eigenvalue weighted by atomic mass is 9.98. The standard InChI is InChI=1S/C14H17NO4/c16-13(11-6-8-19-9-7-11)15-12(14(17)18)10-4-2-1-3-5-10/h1-5,11-12H,6-9H2,(H,15,16)(H,17,18). The van der Waals surface area contributed by atoms with Gasteiger partial charge < -0.3 is 15.2 Å². The molecule has 0 aliphatic carbocycles. The van der Waals surface area contributed by atoms with Crippen molar-refractivity contribution in [3.8, 4) is 0 Å². The third-order valence-corrected chi connectivity index (χ3v) is 3.26. The van der Waals surface area contributed by atoms with E-state index in [-0.39, 0.29) is 11.8 Å². The van der Waals surface area contributed by atoms with E-state index in [4.69, 9.17) is 4.74 Å². The maximum absolute atomic E-state index is 12.1. The van der Waals surface area contributed by atoms with Gasteiger partial charge in [-0.15, -0.1) is 0 Å². The van der Waals surface area contributed by atoms with Crippen molar-refractivity contribution >= 4 is 11.9 Å². The van der Waals surface area contributed by atoms with Gasteiger partial charge in [0.05, 0.1) is 0 Å². The number of carbonyl (C=O) groups is 2. The molecule has 0 aromatic heterocycles. The number of ether oxygens (including phenoxy) is 1. The molecule has 1 amide bonds. The van der Waals surface area contributed by atoms with Crippen LogP contribution in [0.1, 0.15) is 24.4 Å². The van der Waals surface area contributed by atoms with Crippen LogP contribution in [0, 0.1) is 5.92 Å². The molecule has 1 aromatic rings. The van der Waals surface area contributed by atoms with Crippen molar-refractivity contribution in [3.05, 3.63) is 35.9 Å². The summed E-state index contributed by atoms with van der Waals surface area (Å²) < 4.78 is 5.19. The topological polar surface area (TPSA) is 75.6 Å². The fraction of sp³-hybridized carbons (Fsp3) is 0.429. The molecule has 2 rings (SSSR count). The highest BCUT2D eigenvalue weighted by Gasteiger charge is 2.27. The molecule has 102 valence electrons. The van der Waals surface area contributed by atoms with Crippen molar-refractivity contribution in [2.75, 3.05) is 13.2 Å². The highest BCUT2D eigenvalue weighted by atomic mass is 16.5. The Labute approximate surface area is 111 Å². The summed E-state index contributed by atoms with van der Waals surface area (Å²) in [5.74, 6) is -1.41. The van der Waals surface area contributed by atoms with Gasteiger partial charge >= 0.3 is 5.97 Å². The largest absolute Gasteiger partial charge is 0.479 e. The summed E-state index contributed by atoms with van der Waals surface area (Å²) in [5, 5.41) is 11.8. The molecule has 1 heterocycles. The van der Waals surface area contributed by atoms with Gasteiger partial charge in [0.2, 0.25) is 5.91 Å². The fourth-order valence-corrected chi connectivity index (χ4v) is 2.15. The predicted molar refractivity (Wildman–Crippen MR) is 68.5 cm³/mol. The molecule has 1 aromatic carbocycles. The first kappa shape index (κ1) is 13.5. The second-order valence-electron chi connectivity index (χ2n) is 4.58. The third kappa shape index (κ3) is 3.54. The zero-order valence-electron chi connectivity index (χ0n) is 10.5. The number of carboxylic acids is 1. The quantitative estimate of drug-likeness (QED) is 0.860. The number of benzene rings is 1. The number of amides is 1. The van der Waals surface area contributed by atoms with Gasteiger partial charge in [0.15, 0.2) is 6.04 Å². The van der Waals surface area contributed by atoms with Crippen LogP contribution in [0.5, 0.6) is 0 Å². The van der Waals surface area contributed by atoms with Crippen LogP contribution in [0.3, 0.4) is 0 Å². The molecule has 19 heavy (non-hydrogen) atoms. The number of carbonyl (C=O) groups excluding carboxylic acids is 1. The first-order chi connectivity index (χ1) is 9.18. The molecule has 2 N–H and O–H groups in total. The van der Waals surface area contributed by atoms with Crippen LogP contribution in [0.25, 0.3) is 0 Å². The Hall–Kier alpha value is -1.88. The lowest BCUT2D eigenvalue weighted by molar-refractivity contribution is -0.143. The second-order valence-corrected chi connectivity index (χ2v) is 4.58. The average molecular weight is 263 g/mol. The molecule has 1 atom stereocenters. The van der Waals surface area contributed by atoms with Crippen molar-refractivity contribution < 1.29 is 19.4 Å². The molecule has 1 aliphatic rings. The van der Waals surface area contributed by atoms with Gasteiger partial charge in [0.1, 0.15) is 0 Å². The van der Waals surface area contributed by atoms with Crippen molar-refractivity contribution in [2.45, 2.75) is 18.9 Å². The molecular formula is C14H17NO4. The summed E-state index contributed by atoms with van der Waals surface area (Å²) in [5.41, 5.74) is 0.579. The van der Waals surface area contributed by atoms with Crippen molar-refractivity contribution in [1.29, 1.82) is 0 Å². The Morgan fingerprint density at radius 3 is 2.42 bits per heavy atom. The molecular weight excluding hydrogens is 246 g/mol. The smallest absolute Gasteiger partial charge is 0.330 e. The monoisotopic (exact) mass is 263 g/mol. The number of hydrogen-bond donors (Lipinski definition) is 2. The molecule has 5 heteroatoms. The molecule has 0 saturated carbocycles. The van der Waals surface area contributed by atoms with E-state index >= 15 is 0 Å². The molecule has 5 nitrogen and oxygen atoms in total. The summed E-state index contributed by atoms with van der Waals surface area (Å²) in [6.45, 7) is 1.11. The van der Waals surface area contributed by atoms with Crippen LogP contribution in [0.2, 0.25) is 0 Å². The van der Waals surface area contributed by atoms with E-state index in [1.165, 1.54) is 0 Å². The average Bonchev–Trinajstić information content (AvgIpc) is 2.46. The molecule has 1 saturated heterocycles. The molecule has 0 bridgehead atoms. The Morgan fingerprint density at radius 2 is 1.84 bits per heavy atom. The molecule has 1 unspecified atom stereocenters. The van der Waals surface area contributed by atoms with E-state index in [1.54, 1.807) is 24.3 Å². The van der Waals surface area contributed by atoms with E-state index in [0.29, 0.717) is 31.6 Å². The van der Waals surface area contributed by atoms with E-state index in [0.717, 1.165) is 0 Å². The molecule has 0 radical (unpaired) electrons. The van der Waals surface area contributed by atoms with Crippen LogP contribution in [0.4, 0.5) is 0 Å². The molecule has 1 aliphatic heterocycles. The highest BCUT2D eigenvalue weighted by molar-refractivity contribution is 5.85. The fourth-order valence-electron chi connectivity index (χ4n) is 2.15. The third-order valence-electron chi connectivity index (χ3n) is 3.26. The minimum Gasteiger partial charge on any atom is -0.479 e. The van der Waals surface area contributed by atoms with Crippen molar-refractivity contribution in [2.24, 2.45) is 5.92 Å². The van der Waals surface area contributed by atoms with E-state index in [2.05, 4.69) is 5.32 Å². The normalized spacial score (nSPS) is 17.7. The lowest BCUT2D eigenvalue weighted by Gasteiger charge is -2.23.